The number of carbonyl (C=O) groups is 1. The topological polar surface area (TPSA) is 96.9 Å². The van der Waals surface area contributed by atoms with Gasteiger partial charge < -0.3 is 21.0 Å². The first-order valence-corrected chi connectivity index (χ1v) is 4.64. The first kappa shape index (κ1) is 13.7. The lowest BCUT2D eigenvalue weighted by molar-refractivity contribution is -0.124. The van der Waals surface area contributed by atoms with E-state index in [2.05, 4.69) is 10.5 Å². The normalized spacial score (nSPS) is 14.8. The van der Waals surface area contributed by atoms with Crippen LogP contribution >= 0.6 is 0 Å². The molecule has 0 aliphatic rings. The van der Waals surface area contributed by atoms with Gasteiger partial charge in [-0.25, -0.2) is 0 Å². The molecule has 0 aromatic heterocycles. The van der Waals surface area contributed by atoms with Gasteiger partial charge in [0.1, 0.15) is 0 Å². The summed E-state index contributed by atoms with van der Waals surface area (Å²) in [7, 11) is 1.57. The molecule has 88 valence electrons. The second-order valence-electron chi connectivity index (χ2n) is 3.93. The zero-order valence-corrected chi connectivity index (χ0v) is 9.57. The summed E-state index contributed by atoms with van der Waals surface area (Å²) in [4.78, 5) is 11.5. The SMILES string of the molecule is COC(C)(C)CNC(=O)C(C)C(N)=NO. The van der Waals surface area contributed by atoms with Crippen LogP contribution in [0.15, 0.2) is 5.16 Å². The molecule has 0 aromatic carbocycles. The average Bonchev–Trinajstić information content (AvgIpc) is 2.23. The minimum absolute atomic E-state index is 0.109. The molecule has 0 radical (unpaired) electrons. The molecule has 6 nitrogen and oxygen atoms in total. The third kappa shape index (κ3) is 4.64. The molecule has 15 heavy (non-hydrogen) atoms. The Morgan fingerprint density at radius 2 is 2.20 bits per heavy atom. The van der Waals surface area contributed by atoms with E-state index in [1.807, 2.05) is 13.8 Å². The van der Waals surface area contributed by atoms with E-state index in [1.165, 1.54) is 0 Å². The summed E-state index contributed by atoms with van der Waals surface area (Å²) in [6.07, 6.45) is 0. The molecule has 0 aromatic rings. The van der Waals surface area contributed by atoms with Gasteiger partial charge in [0.2, 0.25) is 5.91 Å². The summed E-state index contributed by atoms with van der Waals surface area (Å²) in [6, 6.07) is 0. The second kappa shape index (κ2) is 5.55. The predicted octanol–water partition coefficient (Wildman–Crippen LogP) is -0.0899. The number of oxime groups is 1. The quantitative estimate of drug-likeness (QED) is 0.259. The van der Waals surface area contributed by atoms with Crippen molar-refractivity contribution >= 4 is 11.7 Å². The van der Waals surface area contributed by atoms with Crippen molar-refractivity contribution in [2.24, 2.45) is 16.8 Å². The largest absolute Gasteiger partial charge is 0.409 e. The third-order valence-corrected chi connectivity index (χ3v) is 2.19. The highest BCUT2D eigenvalue weighted by Gasteiger charge is 2.21. The number of hydrogen-bond acceptors (Lipinski definition) is 4. The number of carbonyl (C=O) groups excluding carboxylic acids is 1. The van der Waals surface area contributed by atoms with Gasteiger partial charge in [-0.05, 0) is 20.8 Å². The Morgan fingerprint density at radius 1 is 1.67 bits per heavy atom. The monoisotopic (exact) mass is 217 g/mol. The van der Waals surface area contributed by atoms with Crippen molar-refractivity contribution in [1.29, 1.82) is 0 Å². The molecular formula is C9H19N3O3. The molecule has 1 atom stereocenters. The Hall–Kier alpha value is -1.30. The molecule has 0 fully saturated rings. The average molecular weight is 217 g/mol. The Balaban J connectivity index is 4.16. The molecule has 0 heterocycles. The van der Waals surface area contributed by atoms with Crippen LogP contribution in [0.25, 0.3) is 0 Å². The van der Waals surface area contributed by atoms with Crippen LogP contribution in [0.4, 0.5) is 0 Å². The van der Waals surface area contributed by atoms with E-state index in [1.54, 1.807) is 14.0 Å². The number of nitrogens with one attached hydrogen (secondary N) is 1. The highest BCUT2D eigenvalue weighted by molar-refractivity contribution is 6.01. The fourth-order valence-electron chi connectivity index (χ4n) is 0.746. The summed E-state index contributed by atoms with van der Waals surface area (Å²) < 4.78 is 5.13. The number of hydrogen-bond donors (Lipinski definition) is 3. The van der Waals surface area contributed by atoms with Crippen LogP contribution in [0.1, 0.15) is 20.8 Å². The zero-order valence-electron chi connectivity index (χ0n) is 9.57. The number of ether oxygens (including phenoxy) is 1. The van der Waals surface area contributed by atoms with Crippen molar-refractivity contribution in [2.75, 3.05) is 13.7 Å². The van der Waals surface area contributed by atoms with Crippen LogP contribution in [-0.4, -0.2) is 36.2 Å². The van der Waals surface area contributed by atoms with Gasteiger partial charge in [0.15, 0.2) is 5.84 Å². The number of methoxy groups -OCH3 is 1. The summed E-state index contributed by atoms with van der Waals surface area (Å²) in [6.45, 7) is 5.62. The first-order valence-electron chi connectivity index (χ1n) is 4.64. The smallest absolute Gasteiger partial charge is 0.230 e. The Bertz CT molecular complexity index is 251. The third-order valence-electron chi connectivity index (χ3n) is 2.19. The van der Waals surface area contributed by atoms with Crippen molar-refractivity contribution in [3.05, 3.63) is 0 Å². The summed E-state index contributed by atoms with van der Waals surface area (Å²) >= 11 is 0. The maximum absolute atomic E-state index is 11.5. The van der Waals surface area contributed by atoms with Crippen molar-refractivity contribution in [2.45, 2.75) is 26.4 Å². The first-order chi connectivity index (χ1) is 6.84. The van der Waals surface area contributed by atoms with Gasteiger partial charge in [0, 0.05) is 13.7 Å². The lowest BCUT2D eigenvalue weighted by Gasteiger charge is -2.23. The highest BCUT2D eigenvalue weighted by Crippen LogP contribution is 2.05. The van der Waals surface area contributed by atoms with Crippen LogP contribution in [0.2, 0.25) is 0 Å². The summed E-state index contributed by atoms with van der Waals surface area (Å²) in [5.74, 6) is -1.05. The van der Waals surface area contributed by atoms with Crippen molar-refractivity contribution in [1.82, 2.24) is 5.32 Å². The van der Waals surface area contributed by atoms with Crippen LogP contribution in [0.5, 0.6) is 0 Å². The predicted molar refractivity (Wildman–Crippen MR) is 56.7 cm³/mol. The molecule has 0 saturated heterocycles. The summed E-state index contributed by atoms with van der Waals surface area (Å²) in [5.41, 5.74) is 4.87. The van der Waals surface area contributed by atoms with Crippen LogP contribution in [0, 0.1) is 5.92 Å². The summed E-state index contributed by atoms with van der Waals surface area (Å²) in [5, 5.41) is 13.8. The molecule has 0 saturated carbocycles. The fourth-order valence-corrected chi connectivity index (χ4v) is 0.746. The molecule has 0 aliphatic carbocycles. The Morgan fingerprint density at radius 3 is 2.60 bits per heavy atom. The molecule has 0 aliphatic heterocycles. The second-order valence-corrected chi connectivity index (χ2v) is 3.93. The maximum atomic E-state index is 11.5. The maximum Gasteiger partial charge on any atom is 0.230 e. The van der Waals surface area contributed by atoms with Crippen molar-refractivity contribution in [3.8, 4) is 0 Å². The van der Waals surface area contributed by atoms with Crippen LogP contribution in [-0.2, 0) is 9.53 Å². The lowest BCUT2D eigenvalue weighted by Crippen LogP contribution is -2.44. The van der Waals surface area contributed by atoms with E-state index in [0.717, 1.165) is 0 Å². The van der Waals surface area contributed by atoms with E-state index < -0.39 is 11.5 Å². The van der Waals surface area contributed by atoms with Gasteiger partial charge in [-0.1, -0.05) is 5.16 Å². The molecule has 6 heteroatoms. The molecule has 0 bridgehead atoms. The molecular weight excluding hydrogens is 198 g/mol. The van der Waals surface area contributed by atoms with Gasteiger partial charge in [-0.2, -0.15) is 0 Å². The molecule has 0 rings (SSSR count). The molecule has 4 N–H and O–H groups in total. The minimum Gasteiger partial charge on any atom is -0.409 e. The van der Waals surface area contributed by atoms with E-state index in [0.29, 0.717) is 6.54 Å². The molecule has 1 amide bonds. The van der Waals surface area contributed by atoms with Crippen LogP contribution in [0.3, 0.4) is 0 Å². The highest BCUT2D eigenvalue weighted by atomic mass is 16.5. The minimum atomic E-state index is -0.650. The Labute approximate surface area is 89.5 Å². The number of amidine groups is 1. The zero-order chi connectivity index (χ0) is 12.1. The van der Waals surface area contributed by atoms with Gasteiger partial charge in [0.25, 0.3) is 0 Å². The molecule has 0 spiro atoms. The number of rotatable bonds is 5. The number of nitrogens with two attached hydrogens (primary N) is 1. The van der Waals surface area contributed by atoms with E-state index in [9.17, 15) is 4.79 Å². The van der Waals surface area contributed by atoms with Gasteiger partial charge in [0.05, 0.1) is 11.5 Å². The van der Waals surface area contributed by atoms with Gasteiger partial charge in [-0.3, -0.25) is 4.79 Å². The number of amides is 1. The van der Waals surface area contributed by atoms with E-state index >= 15 is 0 Å². The van der Waals surface area contributed by atoms with Crippen LogP contribution < -0.4 is 11.1 Å². The van der Waals surface area contributed by atoms with Crippen molar-refractivity contribution in [3.63, 3.8) is 0 Å². The van der Waals surface area contributed by atoms with Crippen molar-refractivity contribution < 1.29 is 14.7 Å². The fraction of sp³-hybridized carbons (Fsp3) is 0.778. The van der Waals surface area contributed by atoms with E-state index in [4.69, 9.17) is 15.7 Å². The lowest BCUT2D eigenvalue weighted by atomic mass is 10.1. The van der Waals surface area contributed by atoms with Gasteiger partial charge in [-0.15, -0.1) is 0 Å². The van der Waals surface area contributed by atoms with E-state index in [-0.39, 0.29) is 11.7 Å². The molecule has 1 unspecified atom stereocenters. The standard InChI is InChI=1S/C9H19N3O3/c1-6(7(10)12-14)8(13)11-5-9(2,3)15-4/h6,14H,5H2,1-4H3,(H2,10,12)(H,11,13). The van der Waals surface area contributed by atoms with Gasteiger partial charge >= 0.3 is 0 Å². The number of nitrogens with zero attached hydrogens (tertiary/aromatic N) is 1. The Kier molecular flexibility index (Phi) is 5.07.